The van der Waals surface area contributed by atoms with E-state index in [0.29, 0.717) is 24.2 Å². The van der Waals surface area contributed by atoms with E-state index in [4.69, 9.17) is 17.3 Å². The highest BCUT2D eigenvalue weighted by atomic mass is 35.5. The fourth-order valence-electron chi connectivity index (χ4n) is 2.07. The molecule has 0 unspecified atom stereocenters. The van der Waals surface area contributed by atoms with Gasteiger partial charge in [-0.2, -0.15) is 0 Å². The van der Waals surface area contributed by atoms with E-state index in [9.17, 15) is 9.18 Å². The normalized spacial score (nSPS) is 10.4. The van der Waals surface area contributed by atoms with Gasteiger partial charge in [-0.15, -0.1) is 0 Å². The summed E-state index contributed by atoms with van der Waals surface area (Å²) < 4.78 is 13.0. The van der Waals surface area contributed by atoms with Gasteiger partial charge in [0.2, 0.25) is 0 Å². The zero-order valence-electron chi connectivity index (χ0n) is 11.6. The minimum absolute atomic E-state index is 0.257. The predicted octanol–water partition coefficient (Wildman–Crippen LogP) is 3.34. The van der Waals surface area contributed by atoms with Crippen molar-refractivity contribution in [1.82, 2.24) is 5.32 Å². The van der Waals surface area contributed by atoms with E-state index in [1.165, 1.54) is 12.1 Å². The minimum Gasteiger partial charge on any atom is -0.398 e. The summed E-state index contributed by atoms with van der Waals surface area (Å²) >= 11 is 6.00. The molecule has 0 heterocycles. The molecule has 1 amide bonds. The molecule has 0 aliphatic carbocycles. The van der Waals surface area contributed by atoms with E-state index in [0.717, 1.165) is 11.1 Å². The number of anilines is 1. The lowest BCUT2D eigenvalue weighted by atomic mass is 10.1. The van der Waals surface area contributed by atoms with Gasteiger partial charge in [0.1, 0.15) is 5.82 Å². The van der Waals surface area contributed by atoms with Gasteiger partial charge in [0.25, 0.3) is 5.91 Å². The fraction of sp³-hybridized carbons (Fsp3) is 0.188. The van der Waals surface area contributed by atoms with Crippen LogP contribution in [0.4, 0.5) is 10.1 Å². The molecule has 21 heavy (non-hydrogen) atoms. The average molecular weight is 307 g/mol. The molecule has 0 saturated heterocycles. The molecule has 0 aliphatic rings. The first-order valence-electron chi connectivity index (χ1n) is 6.56. The SMILES string of the molecule is Cc1cc(F)ccc1CCNC(=O)c1cccc(N)c1Cl. The van der Waals surface area contributed by atoms with Crippen molar-refractivity contribution in [3.8, 4) is 0 Å². The van der Waals surface area contributed by atoms with E-state index >= 15 is 0 Å². The van der Waals surface area contributed by atoms with Gasteiger partial charge in [-0.05, 0) is 48.7 Å². The predicted molar refractivity (Wildman–Crippen MR) is 83.0 cm³/mol. The van der Waals surface area contributed by atoms with Crippen LogP contribution in [0, 0.1) is 12.7 Å². The highest BCUT2D eigenvalue weighted by Crippen LogP contribution is 2.22. The summed E-state index contributed by atoms with van der Waals surface area (Å²) in [5.74, 6) is -0.529. The number of halogens is 2. The molecule has 0 atom stereocenters. The molecule has 2 aromatic rings. The molecular formula is C16H16ClFN2O. The van der Waals surface area contributed by atoms with Crippen molar-refractivity contribution < 1.29 is 9.18 Å². The Labute approximate surface area is 127 Å². The summed E-state index contributed by atoms with van der Waals surface area (Å²) in [6.45, 7) is 2.28. The van der Waals surface area contributed by atoms with Gasteiger partial charge < -0.3 is 11.1 Å². The number of benzene rings is 2. The van der Waals surface area contributed by atoms with Gasteiger partial charge in [-0.1, -0.05) is 23.7 Å². The number of carbonyl (C=O) groups is 1. The number of nitrogen functional groups attached to an aromatic ring is 1. The lowest BCUT2D eigenvalue weighted by Gasteiger charge is -2.09. The maximum Gasteiger partial charge on any atom is 0.252 e. The first-order valence-corrected chi connectivity index (χ1v) is 6.94. The molecule has 3 N–H and O–H groups in total. The van der Waals surface area contributed by atoms with Gasteiger partial charge in [-0.25, -0.2) is 4.39 Å². The summed E-state index contributed by atoms with van der Waals surface area (Å²) in [5.41, 5.74) is 8.26. The van der Waals surface area contributed by atoms with Gasteiger partial charge in [0, 0.05) is 6.54 Å². The van der Waals surface area contributed by atoms with E-state index in [1.807, 2.05) is 6.92 Å². The fourth-order valence-corrected chi connectivity index (χ4v) is 2.28. The van der Waals surface area contributed by atoms with Crippen LogP contribution in [0.15, 0.2) is 36.4 Å². The Morgan fingerprint density at radius 1 is 1.33 bits per heavy atom. The van der Waals surface area contributed by atoms with Crippen LogP contribution in [-0.2, 0) is 6.42 Å². The maximum absolute atomic E-state index is 13.0. The van der Waals surface area contributed by atoms with Crippen LogP contribution in [0.3, 0.4) is 0 Å². The van der Waals surface area contributed by atoms with Crippen LogP contribution in [0.1, 0.15) is 21.5 Å². The molecule has 0 radical (unpaired) electrons. The maximum atomic E-state index is 13.0. The molecule has 2 rings (SSSR count). The van der Waals surface area contributed by atoms with Crippen LogP contribution in [0.2, 0.25) is 5.02 Å². The lowest BCUT2D eigenvalue weighted by molar-refractivity contribution is 0.0954. The van der Waals surface area contributed by atoms with Crippen molar-refractivity contribution in [2.45, 2.75) is 13.3 Å². The third-order valence-electron chi connectivity index (χ3n) is 3.26. The van der Waals surface area contributed by atoms with Gasteiger partial charge in [0.15, 0.2) is 0 Å². The standard InChI is InChI=1S/C16H16ClFN2O/c1-10-9-12(18)6-5-11(10)7-8-20-16(21)13-3-2-4-14(19)15(13)17/h2-6,9H,7-8,19H2,1H3,(H,20,21). The first kappa shape index (κ1) is 15.3. The minimum atomic E-state index is -0.271. The lowest BCUT2D eigenvalue weighted by Crippen LogP contribution is -2.26. The summed E-state index contributed by atoms with van der Waals surface area (Å²) in [6.07, 6.45) is 0.623. The smallest absolute Gasteiger partial charge is 0.252 e. The number of nitrogens with two attached hydrogens (primary N) is 1. The van der Waals surface area contributed by atoms with Crippen molar-refractivity contribution in [3.63, 3.8) is 0 Å². The summed E-state index contributed by atoms with van der Waals surface area (Å²) in [6, 6.07) is 9.56. The molecule has 0 fully saturated rings. The summed E-state index contributed by atoms with van der Waals surface area (Å²) in [4.78, 5) is 12.0. The van der Waals surface area contributed by atoms with E-state index in [2.05, 4.69) is 5.32 Å². The largest absolute Gasteiger partial charge is 0.398 e. The molecule has 2 aromatic carbocycles. The first-order chi connectivity index (χ1) is 9.99. The number of carbonyl (C=O) groups excluding carboxylic acids is 1. The third kappa shape index (κ3) is 3.73. The Kier molecular flexibility index (Phi) is 4.81. The Hall–Kier alpha value is -2.07. The molecule has 0 aliphatic heterocycles. The van der Waals surface area contributed by atoms with Crippen molar-refractivity contribution in [2.75, 3.05) is 12.3 Å². The summed E-state index contributed by atoms with van der Waals surface area (Å²) in [7, 11) is 0. The Morgan fingerprint density at radius 3 is 2.81 bits per heavy atom. The Balaban J connectivity index is 1.97. The molecule has 5 heteroatoms. The second-order valence-electron chi connectivity index (χ2n) is 4.79. The highest BCUT2D eigenvalue weighted by molar-refractivity contribution is 6.36. The Bertz CT molecular complexity index is 673. The van der Waals surface area contributed by atoms with E-state index < -0.39 is 0 Å². The molecule has 0 spiro atoms. The van der Waals surface area contributed by atoms with Crippen LogP contribution < -0.4 is 11.1 Å². The van der Waals surface area contributed by atoms with E-state index in [-0.39, 0.29) is 16.7 Å². The number of rotatable bonds is 4. The van der Waals surface area contributed by atoms with Crippen molar-refractivity contribution in [1.29, 1.82) is 0 Å². The van der Waals surface area contributed by atoms with Crippen LogP contribution in [0.5, 0.6) is 0 Å². The zero-order chi connectivity index (χ0) is 15.4. The molecule has 3 nitrogen and oxygen atoms in total. The van der Waals surface area contributed by atoms with Gasteiger partial charge in [-0.3, -0.25) is 4.79 Å². The second kappa shape index (κ2) is 6.59. The second-order valence-corrected chi connectivity index (χ2v) is 5.16. The van der Waals surface area contributed by atoms with Crippen molar-refractivity contribution >= 4 is 23.2 Å². The molecule has 0 saturated carbocycles. The number of aryl methyl sites for hydroxylation is 1. The quantitative estimate of drug-likeness (QED) is 0.851. The number of hydrogen-bond acceptors (Lipinski definition) is 2. The van der Waals surface area contributed by atoms with Crippen LogP contribution in [-0.4, -0.2) is 12.5 Å². The van der Waals surface area contributed by atoms with Crippen LogP contribution >= 0.6 is 11.6 Å². The molecule has 110 valence electrons. The summed E-state index contributed by atoms with van der Waals surface area (Å²) in [5, 5.41) is 3.04. The Morgan fingerprint density at radius 2 is 2.10 bits per heavy atom. The monoisotopic (exact) mass is 306 g/mol. The third-order valence-corrected chi connectivity index (χ3v) is 3.68. The van der Waals surface area contributed by atoms with Gasteiger partial charge >= 0.3 is 0 Å². The van der Waals surface area contributed by atoms with Gasteiger partial charge in [0.05, 0.1) is 16.3 Å². The number of hydrogen-bond donors (Lipinski definition) is 2. The number of amides is 1. The average Bonchev–Trinajstić information content (AvgIpc) is 2.44. The van der Waals surface area contributed by atoms with Crippen LogP contribution in [0.25, 0.3) is 0 Å². The zero-order valence-corrected chi connectivity index (χ0v) is 12.4. The van der Waals surface area contributed by atoms with Crippen molar-refractivity contribution in [2.24, 2.45) is 0 Å². The van der Waals surface area contributed by atoms with Crippen molar-refractivity contribution in [3.05, 3.63) is 63.9 Å². The topological polar surface area (TPSA) is 55.1 Å². The number of nitrogens with one attached hydrogen (secondary N) is 1. The molecule has 0 aromatic heterocycles. The molecular weight excluding hydrogens is 291 g/mol. The van der Waals surface area contributed by atoms with E-state index in [1.54, 1.807) is 24.3 Å². The molecule has 0 bridgehead atoms. The highest BCUT2D eigenvalue weighted by Gasteiger charge is 2.11.